The summed E-state index contributed by atoms with van der Waals surface area (Å²) in [6.07, 6.45) is 1.46. The van der Waals surface area contributed by atoms with Crippen molar-refractivity contribution in [2.45, 2.75) is 6.54 Å². The van der Waals surface area contributed by atoms with E-state index in [4.69, 9.17) is 5.11 Å². The molecule has 0 aliphatic carbocycles. The van der Waals surface area contributed by atoms with Gasteiger partial charge in [-0.25, -0.2) is 0 Å². The molecule has 1 aromatic heterocycles. The Hall–Kier alpha value is -0.620. The smallest absolute Gasteiger partial charge is 0.323 e. The van der Waals surface area contributed by atoms with E-state index < -0.39 is 5.97 Å². The van der Waals surface area contributed by atoms with Crippen LogP contribution in [0, 0.1) is 0 Å². The van der Waals surface area contributed by atoms with Crippen LogP contribution in [0.5, 0.6) is 0 Å². The molecule has 4 nitrogen and oxygen atoms in total. The summed E-state index contributed by atoms with van der Waals surface area (Å²) in [4.78, 5) is 20.8. The zero-order valence-corrected chi connectivity index (χ0v) is 7.68. The number of carbonyl (C=O) groups is 1. The van der Waals surface area contributed by atoms with E-state index in [0.29, 0.717) is 3.79 Å². The summed E-state index contributed by atoms with van der Waals surface area (Å²) in [6.45, 7) is -0.277. The first kappa shape index (κ1) is 8.48. The van der Waals surface area contributed by atoms with Crippen LogP contribution in [0.15, 0.2) is 14.8 Å². The molecule has 1 rings (SSSR count). The average molecular weight is 238 g/mol. The fourth-order valence-electron chi connectivity index (χ4n) is 0.600. The molecule has 0 saturated heterocycles. The van der Waals surface area contributed by atoms with Crippen LogP contribution in [0.4, 0.5) is 0 Å². The van der Waals surface area contributed by atoms with Crippen LogP contribution in [0.2, 0.25) is 0 Å². The van der Waals surface area contributed by atoms with Gasteiger partial charge in [0.05, 0.1) is 3.79 Å². The van der Waals surface area contributed by atoms with Gasteiger partial charge in [0.2, 0.25) is 0 Å². The van der Waals surface area contributed by atoms with Gasteiger partial charge in [-0.1, -0.05) is 11.3 Å². The number of nitrogens with zero attached hydrogens (tertiary/aromatic N) is 1. The SMILES string of the molecule is O=C(O)Cn1cc(Br)sc1=O. The van der Waals surface area contributed by atoms with Crippen molar-refractivity contribution in [2.24, 2.45) is 0 Å². The third-order valence-corrected chi connectivity index (χ3v) is 2.38. The molecule has 0 spiro atoms. The average Bonchev–Trinajstić information content (AvgIpc) is 2.09. The molecule has 0 amide bonds. The Morgan fingerprint density at radius 3 is 2.82 bits per heavy atom. The molecule has 1 heterocycles. The second kappa shape index (κ2) is 3.19. The number of hydrogen-bond acceptors (Lipinski definition) is 3. The summed E-state index contributed by atoms with van der Waals surface area (Å²) in [6, 6.07) is 0. The second-order valence-electron chi connectivity index (χ2n) is 1.82. The van der Waals surface area contributed by atoms with Gasteiger partial charge >= 0.3 is 10.8 Å². The van der Waals surface area contributed by atoms with Gasteiger partial charge in [-0.3, -0.25) is 14.2 Å². The van der Waals surface area contributed by atoms with Crippen molar-refractivity contribution >= 4 is 33.2 Å². The van der Waals surface area contributed by atoms with Crippen molar-refractivity contribution in [2.75, 3.05) is 0 Å². The summed E-state index contributed by atoms with van der Waals surface area (Å²) >= 11 is 4.05. The highest BCUT2D eigenvalue weighted by atomic mass is 79.9. The van der Waals surface area contributed by atoms with E-state index in [2.05, 4.69) is 15.9 Å². The Bertz CT molecular complexity index is 329. The van der Waals surface area contributed by atoms with Crippen molar-refractivity contribution in [3.05, 3.63) is 19.7 Å². The first-order valence-electron chi connectivity index (χ1n) is 2.67. The third-order valence-electron chi connectivity index (χ3n) is 0.982. The number of halogens is 1. The summed E-state index contributed by atoms with van der Waals surface area (Å²) in [5, 5.41) is 8.33. The molecule has 0 aromatic carbocycles. The molecule has 0 aliphatic heterocycles. The molecule has 0 unspecified atom stereocenters. The minimum Gasteiger partial charge on any atom is -0.480 e. The van der Waals surface area contributed by atoms with E-state index in [-0.39, 0.29) is 11.4 Å². The molecule has 0 atom stereocenters. The maximum Gasteiger partial charge on any atom is 0.323 e. The van der Waals surface area contributed by atoms with Gasteiger partial charge in [-0.05, 0) is 15.9 Å². The van der Waals surface area contributed by atoms with Gasteiger partial charge in [0, 0.05) is 6.20 Å². The molecule has 0 radical (unpaired) electrons. The number of hydrogen-bond donors (Lipinski definition) is 1. The van der Waals surface area contributed by atoms with Crippen LogP contribution in [0.25, 0.3) is 0 Å². The predicted molar refractivity (Wildman–Crippen MR) is 43.9 cm³/mol. The number of carboxylic acids is 1. The second-order valence-corrected chi connectivity index (χ2v) is 4.20. The lowest BCUT2D eigenvalue weighted by atomic mass is 10.6. The standard InChI is InChI=1S/C5H4BrNO3S/c6-3-1-7(2-4(8)9)5(10)11-3/h1H,2H2,(H,8,9). The van der Waals surface area contributed by atoms with Gasteiger partial charge in [0.1, 0.15) is 6.54 Å². The Morgan fingerprint density at radius 2 is 2.45 bits per heavy atom. The maximum atomic E-state index is 10.9. The molecular weight excluding hydrogens is 234 g/mol. The predicted octanol–water partition coefficient (Wildman–Crippen LogP) is 0.757. The lowest BCUT2D eigenvalue weighted by molar-refractivity contribution is -0.137. The van der Waals surface area contributed by atoms with Crippen LogP contribution < -0.4 is 4.87 Å². The van der Waals surface area contributed by atoms with E-state index in [9.17, 15) is 9.59 Å². The summed E-state index contributed by atoms with van der Waals surface area (Å²) in [5.74, 6) is -1.02. The highest BCUT2D eigenvalue weighted by Gasteiger charge is 2.04. The zero-order valence-electron chi connectivity index (χ0n) is 5.28. The Balaban J connectivity index is 2.95. The first-order chi connectivity index (χ1) is 5.09. The molecule has 60 valence electrons. The normalized spacial score (nSPS) is 9.91. The number of carboxylic acid groups (broad SMARTS) is 1. The lowest BCUT2D eigenvalue weighted by Crippen LogP contribution is -2.17. The molecule has 11 heavy (non-hydrogen) atoms. The number of aromatic nitrogens is 1. The lowest BCUT2D eigenvalue weighted by Gasteiger charge is -1.91. The molecule has 1 N–H and O–H groups in total. The van der Waals surface area contributed by atoms with E-state index in [1.165, 1.54) is 6.20 Å². The Morgan fingerprint density at radius 1 is 1.82 bits per heavy atom. The zero-order chi connectivity index (χ0) is 8.43. The van der Waals surface area contributed by atoms with E-state index in [0.717, 1.165) is 15.9 Å². The van der Waals surface area contributed by atoms with E-state index >= 15 is 0 Å². The monoisotopic (exact) mass is 237 g/mol. The molecule has 0 saturated carbocycles. The fraction of sp³-hybridized carbons (Fsp3) is 0.200. The van der Waals surface area contributed by atoms with Crippen molar-refractivity contribution < 1.29 is 9.90 Å². The topological polar surface area (TPSA) is 59.3 Å². The molecule has 0 bridgehead atoms. The third kappa shape index (κ3) is 2.16. The van der Waals surface area contributed by atoms with Gasteiger partial charge in [-0.2, -0.15) is 0 Å². The number of thiazole rings is 1. The van der Waals surface area contributed by atoms with Gasteiger partial charge in [0.25, 0.3) is 0 Å². The van der Waals surface area contributed by atoms with Gasteiger partial charge in [-0.15, -0.1) is 0 Å². The van der Waals surface area contributed by atoms with Crippen molar-refractivity contribution in [3.8, 4) is 0 Å². The largest absolute Gasteiger partial charge is 0.480 e. The van der Waals surface area contributed by atoms with Crippen molar-refractivity contribution in [3.63, 3.8) is 0 Å². The molecule has 1 aromatic rings. The van der Waals surface area contributed by atoms with E-state index in [1.807, 2.05) is 0 Å². The number of rotatable bonds is 2. The molecule has 6 heteroatoms. The quantitative estimate of drug-likeness (QED) is 0.827. The molecule has 0 aliphatic rings. The minimum absolute atomic E-state index is 0.265. The Kier molecular flexibility index (Phi) is 2.45. The van der Waals surface area contributed by atoms with Crippen LogP contribution in [0.3, 0.4) is 0 Å². The van der Waals surface area contributed by atoms with Crippen LogP contribution in [0.1, 0.15) is 0 Å². The first-order valence-corrected chi connectivity index (χ1v) is 4.28. The van der Waals surface area contributed by atoms with Gasteiger partial charge in [0.15, 0.2) is 0 Å². The van der Waals surface area contributed by atoms with E-state index in [1.54, 1.807) is 0 Å². The summed E-state index contributed by atoms with van der Waals surface area (Å²) in [7, 11) is 0. The minimum atomic E-state index is -1.02. The summed E-state index contributed by atoms with van der Waals surface area (Å²) in [5.41, 5.74) is 0. The van der Waals surface area contributed by atoms with Crippen LogP contribution >= 0.6 is 27.3 Å². The van der Waals surface area contributed by atoms with Crippen molar-refractivity contribution in [1.29, 1.82) is 0 Å². The molecular formula is C5H4BrNO3S. The maximum absolute atomic E-state index is 10.9. The van der Waals surface area contributed by atoms with Gasteiger partial charge < -0.3 is 5.11 Å². The summed E-state index contributed by atoms with van der Waals surface area (Å²) < 4.78 is 1.78. The highest BCUT2D eigenvalue weighted by molar-refractivity contribution is 9.11. The number of aliphatic carboxylic acids is 1. The highest BCUT2D eigenvalue weighted by Crippen LogP contribution is 2.11. The molecule has 0 fully saturated rings. The van der Waals surface area contributed by atoms with Crippen molar-refractivity contribution in [1.82, 2.24) is 4.57 Å². The van der Waals surface area contributed by atoms with Crippen LogP contribution in [-0.4, -0.2) is 15.6 Å². The fourth-order valence-corrected chi connectivity index (χ4v) is 1.84. The Labute approximate surface area is 74.2 Å². The van der Waals surface area contributed by atoms with Crippen LogP contribution in [-0.2, 0) is 11.3 Å².